The molecule has 0 radical (unpaired) electrons. The van der Waals surface area contributed by atoms with Gasteiger partial charge in [-0.05, 0) is 37.4 Å². The zero-order chi connectivity index (χ0) is 19.0. The largest absolute Gasteiger partial charge is 0.484 e. The molecule has 0 bridgehead atoms. The average molecular weight is 410 g/mol. The maximum Gasteiger partial charge on any atom is 0.189 e. The molecule has 0 amide bonds. The van der Waals surface area contributed by atoms with Crippen LogP contribution in [0, 0.1) is 0 Å². The summed E-state index contributed by atoms with van der Waals surface area (Å²) in [6, 6.07) is 7.22. The molecule has 2 aliphatic rings. The van der Waals surface area contributed by atoms with Crippen LogP contribution in [0.5, 0.6) is 5.75 Å². The van der Waals surface area contributed by atoms with E-state index in [1.165, 1.54) is 11.8 Å². The van der Waals surface area contributed by atoms with Crippen LogP contribution in [0.2, 0.25) is 5.02 Å². The van der Waals surface area contributed by atoms with E-state index >= 15 is 0 Å². The molecule has 0 spiro atoms. The first-order chi connectivity index (χ1) is 13.0. The third-order valence-corrected chi connectivity index (χ3v) is 5.71. The molecule has 0 saturated carbocycles. The van der Waals surface area contributed by atoms with Gasteiger partial charge in [0.25, 0.3) is 0 Å². The van der Waals surface area contributed by atoms with Crippen molar-refractivity contribution in [1.82, 2.24) is 9.97 Å². The summed E-state index contributed by atoms with van der Waals surface area (Å²) in [5.41, 5.74) is 0.0545. The van der Waals surface area contributed by atoms with Crippen LogP contribution >= 0.6 is 23.4 Å². The number of halogens is 1. The second-order valence-electron chi connectivity index (χ2n) is 6.62. The Labute approximate surface area is 166 Å². The van der Waals surface area contributed by atoms with Gasteiger partial charge >= 0.3 is 0 Å². The minimum Gasteiger partial charge on any atom is -0.484 e. The topological polar surface area (TPSA) is 85.7 Å². The summed E-state index contributed by atoms with van der Waals surface area (Å²) in [6.07, 6.45) is 2.32. The number of benzene rings is 1. The highest BCUT2D eigenvalue weighted by molar-refractivity contribution is 7.98. The quantitative estimate of drug-likeness (QED) is 0.576. The Morgan fingerprint density at radius 1 is 1.37 bits per heavy atom. The lowest BCUT2D eigenvalue weighted by molar-refractivity contribution is -0.0621. The molecule has 7 nitrogen and oxygen atoms in total. The molecule has 9 heteroatoms. The van der Waals surface area contributed by atoms with Crippen LogP contribution in [0.15, 0.2) is 35.6 Å². The number of hydrogen-bond donors (Lipinski definition) is 2. The number of anilines is 2. The zero-order valence-corrected chi connectivity index (χ0v) is 16.5. The fourth-order valence-corrected chi connectivity index (χ4v) is 3.89. The number of aliphatic hydroxyl groups excluding tert-OH is 1. The lowest BCUT2D eigenvalue weighted by atomic mass is 9.95. The van der Waals surface area contributed by atoms with Crippen LogP contribution in [0.1, 0.15) is 6.92 Å². The molecule has 3 heterocycles. The third-order valence-electron chi connectivity index (χ3n) is 4.86. The van der Waals surface area contributed by atoms with E-state index in [9.17, 15) is 5.11 Å². The number of aliphatic hydroxyl groups is 1. The van der Waals surface area contributed by atoms with Gasteiger partial charge in [-0.25, -0.2) is 9.97 Å². The minimum atomic E-state index is -0.735. The summed E-state index contributed by atoms with van der Waals surface area (Å²) in [4.78, 5) is 8.53. The standard InChI is InChI=1S/C18H20ClN3O4S/c1-18-14(23)9-24-16(18)13(8-25-18)26-12-4-3-10(7-11(12)19)21-15-5-6-20-17(22-15)27-2/h3-7,13-14,16,23H,8-9H2,1-2H3,(H,20,21,22)/t13-,14-,16+,18+/m0/s1. The van der Waals surface area contributed by atoms with Gasteiger partial charge in [-0.15, -0.1) is 0 Å². The summed E-state index contributed by atoms with van der Waals surface area (Å²) >= 11 is 7.88. The molecule has 0 aliphatic carbocycles. The molecule has 4 rings (SSSR count). The maximum atomic E-state index is 10.1. The van der Waals surface area contributed by atoms with Gasteiger partial charge in [0.15, 0.2) is 11.3 Å². The SMILES string of the molecule is CSc1nccc(Nc2ccc(O[C@H]3CO[C@@]4(C)[C@@H]3OC[C@@H]4O)c(Cl)c2)n1. The molecular weight excluding hydrogens is 390 g/mol. The lowest BCUT2D eigenvalue weighted by Gasteiger charge is -2.25. The Morgan fingerprint density at radius 2 is 2.22 bits per heavy atom. The van der Waals surface area contributed by atoms with Gasteiger partial charge in [0.1, 0.15) is 29.4 Å². The molecule has 2 fully saturated rings. The van der Waals surface area contributed by atoms with E-state index in [1.54, 1.807) is 24.4 Å². The molecule has 1 aromatic heterocycles. The highest BCUT2D eigenvalue weighted by Crippen LogP contribution is 2.40. The van der Waals surface area contributed by atoms with E-state index in [2.05, 4.69) is 15.3 Å². The predicted molar refractivity (Wildman–Crippen MR) is 103 cm³/mol. The van der Waals surface area contributed by atoms with Crippen LogP contribution in [0.3, 0.4) is 0 Å². The molecule has 4 atom stereocenters. The number of nitrogens with zero attached hydrogens (tertiary/aromatic N) is 2. The van der Waals surface area contributed by atoms with E-state index in [1.807, 2.05) is 19.2 Å². The first-order valence-electron chi connectivity index (χ1n) is 8.53. The average Bonchev–Trinajstić information content (AvgIpc) is 3.13. The van der Waals surface area contributed by atoms with E-state index in [4.69, 9.17) is 25.8 Å². The molecule has 27 heavy (non-hydrogen) atoms. The van der Waals surface area contributed by atoms with Gasteiger partial charge in [0.05, 0.1) is 18.2 Å². The van der Waals surface area contributed by atoms with Crippen molar-refractivity contribution in [3.05, 3.63) is 35.5 Å². The second kappa shape index (κ2) is 7.44. The lowest BCUT2D eigenvalue weighted by Crippen LogP contribution is -2.45. The summed E-state index contributed by atoms with van der Waals surface area (Å²) in [6.45, 7) is 2.43. The predicted octanol–water partition coefficient (Wildman–Crippen LogP) is 2.89. The second-order valence-corrected chi connectivity index (χ2v) is 7.80. The maximum absolute atomic E-state index is 10.1. The normalized spacial score (nSPS) is 29.6. The molecule has 2 aliphatic heterocycles. The summed E-state index contributed by atoms with van der Waals surface area (Å²) in [5, 5.41) is 14.4. The Kier molecular flexibility index (Phi) is 5.17. The van der Waals surface area contributed by atoms with E-state index in [0.717, 1.165) is 5.69 Å². The molecule has 2 N–H and O–H groups in total. The van der Waals surface area contributed by atoms with Gasteiger partial charge in [0, 0.05) is 11.9 Å². The molecule has 0 unspecified atom stereocenters. The van der Waals surface area contributed by atoms with Gasteiger partial charge in [-0.3, -0.25) is 0 Å². The van der Waals surface area contributed by atoms with Crippen LogP contribution in [0.4, 0.5) is 11.5 Å². The van der Waals surface area contributed by atoms with Gasteiger partial charge in [-0.2, -0.15) is 0 Å². The number of rotatable bonds is 5. The van der Waals surface area contributed by atoms with Crippen LogP contribution in [-0.4, -0.2) is 58.5 Å². The first kappa shape index (κ1) is 18.8. The monoisotopic (exact) mass is 409 g/mol. The summed E-state index contributed by atoms with van der Waals surface area (Å²) in [7, 11) is 0. The fraction of sp³-hybridized carbons (Fsp3) is 0.444. The molecular formula is C18H20ClN3O4S. The first-order valence-corrected chi connectivity index (χ1v) is 10.1. The molecule has 1 aromatic carbocycles. The van der Waals surface area contributed by atoms with Crippen LogP contribution < -0.4 is 10.1 Å². The van der Waals surface area contributed by atoms with Crippen molar-refractivity contribution in [3.8, 4) is 5.75 Å². The number of fused-ring (bicyclic) bond motifs is 1. The zero-order valence-electron chi connectivity index (χ0n) is 14.9. The van der Waals surface area contributed by atoms with Gasteiger partial charge in [-0.1, -0.05) is 23.4 Å². The van der Waals surface area contributed by atoms with Crippen molar-refractivity contribution >= 4 is 34.9 Å². The van der Waals surface area contributed by atoms with Gasteiger partial charge < -0.3 is 24.6 Å². The number of hydrogen-bond acceptors (Lipinski definition) is 8. The number of thioether (sulfide) groups is 1. The third kappa shape index (κ3) is 3.60. The molecule has 144 valence electrons. The Morgan fingerprint density at radius 3 is 3.00 bits per heavy atom. The van der Waals surface area contributed by atoms with Gasteiger partial charge in [0.2, 0.25) is 0 Å². The number of nitrogens with one attached hydrogen (secondary N) is 1. The highest BCUT2D eigenvalue weighted by atomic mass is 35.5. The van der Waals surface area contributed by atoms with Crippen molar-refractivity contribution in [3.63, 3.8) is 0 Å². The Hall–Kier alpha value is -1.58. The summed E-state index contributed by atoms with van der Waals surface area (Å²) in [5.74, 6) is 1.23. The summed E-state index contributed by atoms with van der Waals surface area (Å²) < 4.78 is 17.4. The van der Waals surface area contributed by atoms with E-state index < -0.39 is 11.7 Å². The molecule has 2 saturated heterocycles. The molecule has 2 aromatic rings. The van der Waals surface area contributed by atoms with E-state index in [0.29, 0.717) is 28.4 Å². The van der Waals surface area contributed by atoms with E-state index in [-0.39, 0.29) is 18.8 Å². The van der Waals surface area contributed by atoms with Crippen LogP contribution in [0.25, 0.3) is 0 Å². The Bertz CT molecular complexity index is 842. The highest BCUT2D eigenvalue weighted by Gasteiger charge is 2.57. The number of ether oxygens (including phenoxy) is 3. The Balaban J connectivity index is 1.46. The van der Waals surface area contributed by atoms with Crippen molar-refractivity contribution in [2.45, 2.75) is 36.0 Å². The van der Waals surface area contributed by atoms with Crippen molar-refractivity contribution < 1.29 is 19.3 Å². The van der Waals surface area contributed by atoms with Crippen LogP contribution in [-0.2, 0) is 9.47 Å². The minimum absolute atomic E-state index is 0.245. The fourth-order valence-electron chi connectivity index (χ4n) is 3.31. The smallest absolute Gasteiger partial charge is 0.189 e. The van der Waals surface area contributed by atoms with Crippen molar-refractivity contribution in [1.29, 1.82) is 0 Å². The number of aromatic nitrogens is 2. The van der Waals surface area contributed by atoms with Crippen molar-refractivity contribution in [2.75, 3.05) is 24.8 Å². The van der Waals surface area contributed by atoms with Crippen molar-refractivity contribution in [2.24, 2.45) is 0 Å².